The van der Waals surface area contributed by atoms with Crippen LogP contribution in [0.4, 0.5) is 0 Å². The van der Waals surface area contributed by atoms with Crippen LogP contribution >= 0.6 is 0 Å². The molecule has 22 heavy (non-hydrogen) atoms. The van der Waals surface area contributed by atoms with Crippen LogP contribution in [0.2, 0.25) is 0 Å². The minimum absolute atomic E-state index is 0.0479. The van der Waals surface area contributed by atoms with Crippen molar-refractivity contribution in [3.63, 3.8) is 0 Å². The van der Waals surface area contributed by atoms with E-state index in [9.17, 15) is 8.42 Å². The van der Waals surface area contributed by atoms with Crippen molar-refractivity contribution >= 4 is 10.2 Å². The van der Waals surface area contributed by atoms with Gasteiger partial charge in [-0.2, -0.15) is 12.7 Å². The molecule has 0 saturated carbocycles. The third kappa shape index (κ3) is 3.69. The first-order chi connectivity index (χ1) is 10.7. The van der Waals surface area contributed by atoms with Crippen molar-refractivity contribution in [1.82, 2.24) is 13.9 Å². The Morgan fingerprint density at radius 3 is 2.55 bits per heavy atom. The maximum absolute atomic E-state index is 12.4. The molecule has 124 valence electrons. The monoisotopic (exact) mass is 329 g/mol. The summed E-state index contributed by atoms with van der Waals surface area (Å²) in [6.45, 7) is 4.00. The summed E-state index contributed by atoms with van der Waals surface area (Å²) >= 11 is 0. The Balaban J connectivity index is 1.65. The van der Waals surface area contributed by atoms with Crippen LogP contribution in [0.15, 0.2) is 22.8 Å². The Morgan fingerprint density at radius 2 is 1.91 bits per heavy atom. The highest BCUT2D eigenvalue weighted by atomic mass is 32.2. The summed E-state index contributed by atoms with van der Waals surface area (Å²) in [5, 5.41) is 0. The minimum Gasteiger partial charge on any atom is -0.468 e. The molecule has 2 saturated heterocycles. The van der Waals surface area contributed by atoms with Gasteiger partial charge in [-0.3, -0.25) is 4.90 Å². The van der Waals surface area contributed by atoms with Crippen molar-refractivity contribution in [3.8, 4) is 0 Å². The fourth-order valence-corrected chi connectivity index (χ4v) is 4.19. The van der Waals surface area contributed by atoms with Crippen LogP contribution in [0.3, 0.4) is 0 Å². The summed E-state index contributed by atoms with van der Waals surface area (Å²) < 4.78 is 39.7. The Labute approximate surface area is 131 Å². The van der Waals surface area contributed by atoms with Crippen LogP contribution in [0.5, 0.6) is 0 Å². The second-order valence-corrected chi connectivity index (χ2v) is 7.39. The van der Waals surface area contributed by atoms with Gasteiger partial charge in [0.1, 0.15) is 5.76 Å². The van der Waals surface area contributed by atoms with Gasteiger partial charge in [0, 0.05) is 19.6 Å². The molecule has 8 heteroatoms. The van der Waals surface area contributed by atoms with Gasteiger partial charge in [-0.1, -0.05) is 0 Å². The number of hydrogen-bond donors (Lipinski definition) is 1. The zero-order chi connectivity index (χ0) is 15.4. The van der Waals surface area contributed by atoms with Gasteiger partial charge in [0.15, 0.2) is 0 Å². The van der Waals surface area contributed by atoms with Crippen LogP contribution < -0.4 is 4.72 Å². The topological polar surface area (TPSA) is 75.0 Å². The lowest BCUT2D eigenvalue weighted by molar-refractivity contribution is 0.0723. The molecular weight excluding hydrogens is 306 g/mol. The summed E-state index contributed by atoms with van der Waals surface area (Å²) in [4.78, 5) is 2.28. The molecule has 7 nitrogen and oxygen atoms in total. The van der Waals surface area contributed by atoms with Gasteiger partial charge in [0.2, 0.25) is 0 Å². The van der Waals surface area contributed by atoms with E-state index >= 15 is 0 Å². The molecule has 0 spiro atoms. The van der Waals surface area contributed by atoms with Crippen molar-refractivity contribution in [2.24, 2.45) is 0 Å². The summed E-state index contributed by atoms with van der Waals surface area (Å²) in [6.07, 6.45) is 3.93. The standard InChI is InChI=1S/C14H23N3O4S/c18-22(19,17-7-10-20-11-8-17)15-12-13(14-4-3-9-21-14)16-5-1-2-6-16/h3-4,9,13,15H,1-2,5-8,10-12H2. The Hall–Kier alpha value is -0.930. The second kappa shape index (κ2) is 7.10. The lowest BCUT2D eigenvalue weighted by atomic mass is 10.2. The number of furan rings is 1. The number of nitrogens with zero attached hydrogens (tertiary/aromatic N) is 2. The third-order valence-corrected chi connectivity index (χ3v) is 5.80. The third-order valence-electron chi connectivity index (χ3n) is 4.22. The molecule has 0 bridgehead atoms. The van der Waals surface area contributed by atoms with E-state index in [1.54, 1.807) is 6.26 Å². The number of ether oxygens (including phenoxy) is 1. The number of likely N-dealkylation sites (tertiary alicyclic amines) is 1. The molecule has 0 aromatic carbocycles. The maximum Gasteiger partial charge on any atom is 0.279 e. The molecule has 2 aliphatic heterocycles. The molecule has 2 fully saturated rings. The van der Waals surface area contributed by atoms with Gasteiger partial charge in [-0.05, 0) is 38.1 Å². The molecule has 1 atom stereocenters. The van der Waals surface area contributed by atoms with Crippen LogP contribution in [-0.2, 0) is 14.9 Å². The zero-order valence-corrected chi connectivity index (χ0v) is 13.4. The fourth-order valence-electron chi connectivity index (χ4n) is 3.01. The van der Waals surface area contributed by atoms with Crippen molar-refractivity contribution in [1.29, 1.82) is 0 Å². The Bertz CT molecular complexity index is 549. The molecule has 0 amide bonds. The number of nitrogens with one attached hydrogen (secondary N) is 1. The highest BCUT2D eigenvalue weighted by Crippen LogP contribution is 2.25. The molecule has 1 N–H and O–H groups in total. The van der Waals surface area contributed by atoms with Crippen molar-refractivity contribution in [3.05, 3.63) is 24.2 Å². The number of rotatable bonds is 6. The predicted molar refractivity (Wildman–Crippen MR) is 81.6 cm³/mol. The van der Waals surface area contributed by atoms with Crippen LogP contribution in [0.1, 0.15) is 24.6 Å². The summed E-state index contributed by atoms with van der Waals surface area (Å²) in [6, 6.07) is 3.70. The molecule has 3 heterocycles. The van der Waals surface area contributed by atoms with Crippen molar-refractivity contribution in [2.45, 2.75) is 18.9 Å². The van der Waals surface area contributed by atoms with E-state index in [-0.39, 0.29) is 6.04 Å². The van der Waals surface area contributed by atoms with Crippen LogP contribution in [0.25, 0.3) is 0 Å². The summed E-state index contributed by atoms with van der Waals surface area (Å²) in [5.74, 6) is 0.812. The van der Waals surface area contributed by atoms with E-state index in [0.29, 0.717) is 32.8 Å². The van der Waals surface area contributed by atoms with E-state index in [1.807, 2.05) is 12.1 Å². The van der Waals surface area contributed by atoms with Gasteiger partial charge in [-0.25, -0.2) is 4.72 Å². The molecule has 1 aromatic heterocycles. The normalized spacial score (nSPS) is 22.9. The van der Waals surface area contributed by atoms with Crippen molar-refractivity contribution < 1.29 is 17.6 Å². The van der Waals surface area contributed by atoms with E-state index in [0.717, 1.165) is 31.7 Å². The Morgan fingerprint density at radius 1 is 1.18 bits per heavy atom. The molecular formula is C14H23N3O4S. The highest BCUT2D eigenvalue weighted by molar-refractivity contribution is 7.87. The molecule has 2 aliphatic rings. The predicted octanol–water partition coefficient (Wildman–Crippen LogP) is 0.583. The zero-order valence-electron chi connectivity index (χ0n) is 12.6. The SMILES string of the molecule is O=S(=O)(NCC(c1ccco1)N1CCCC1)N1CCOCC1. The summed E-state index contributed by atoms with van der Waals surface area (Å²) in [7, 11) is -3.46. The van der Waals surface area contributed by atoms with E-state index in [1.165, 1.54) is 4.31 Å². The van der Waals surface area contributed by atoms with Crippen molar-refractivity contribution in [2.75, 3.05) is 45.9 Å². The lowest BCUT2D eigenvalue weighted by Crippen LogP contribution is -2.48. The first-order valence-electron chi connectivity index (χ1n) is 7.77. The number of morpholine rings is 1. The molecule has 1 unspecified atom stereocenters. The first kappa shape index (κ1) is 15.9. The van der Waals surface area contributed by atoms with Gasteiger partial charge in [-0.15, -0.1) is 0 Å². The Kier molecular flexibility index (Phi) is 5.14. The average molecular weight is 329 g/mol. The highest BCUT2D eigenvalue weighted by Gasteiger charge is 2.29. The largest absolute Gasteiger partial charge is 0.468 e. The maximum atomic E-state index is 12.4. The smallest absolute Gasteiger partial charge is 0.279 e. The van der Waals surface area contributed by atoms with E-state index in [2.05, 4.69) is 9.62 Å². The first-order valence-corrected chi connectivity index (χ1v) is 9.21. The fraction of sp³-hybridized carbons (Fsp3) is 0.714. The van der Waals surface area contributed by atoms with Gasteiger partial charge < -0.3 is 9.15 Å². The summed E-state index contributed by atoms with van der Waals surface area (Å²) in [5.41, 5.74) is 0. The van der Waals surface area contributed by atoms with Gasteiger partial charge >= 0.3 is 0 Å². The number of hydrogen-bond acceptors (Lipinski definition) is 5. The van der Waals surface area contributed by atoms with Gasteiger partial charge in [0.25, 0.3) is 10.2 Å². The van der Waals surface area contributed by atoms with E-state index in [4.69, 9.17) is 9.15 Å². The second-order valence-electron chi connectivity index (χ2n) is 5.64. The van der Waals surface area contributed by atoms with E-state index < -0.39 is 10.2 Å². The van der Waals surface area contributed by atoms with Gasteiger partial charge in [0.05, 0.1) is 25.5 Å². The average Bonchev–Trinajstić information content (AvgIpc) is 3.22. The molecule has 0 aliphatic carbocycles. The quantitative estimate of drug-likeness (QED) is 0.826. The molecule has 1 aromatic rings. The van der Waals surface area contributed by atoms with Crippen LogP contribution in [-0.4, -0.2) is 63.6 Å². The van der Waals surface area contributed by atoms with Crippen LogP contribution in [0, 0.1) is 0 Å². The molecule has 3 rings (SSSR count). The lowest BCUT2D eigenvalue weighted by Gasteiger charge is -2.29. The minimum atomic E-state index is -3.46. The molecule has 0 radical (unpaired) electrons.